The molecule has 0 amide bonds. The molecule has 10 heteroatoms. The number of nitrogens with one attached hydrogen (secondary N) is 1. The number of aromatic nitrogens is 5. The van der Waals surface area contributed by atoms with E-state index in [0.29, 0.717) is 30.5 Å². The van der Waals surface area contributed by atoms with Crippen molar-refractivity contribution in [2.24, 2.45) is 0 Å². The third-order valence-electron chi connectivity index (χ3n) is 7.68. The molecule has 1 aliphatic carbocycles. The number of carboxylic acids is 1. The Kier molecular flexibility index (Phi) is 6.70. The molecule has 1 aliphatic rings. The van der Waals surface area contributed by atoms with E-state index in [1.165, 1.54) is 12.4 Å². The first-order valence-electron chi connectivity index (χ1n) is 13.2. The van der Waals surface area contributed by atoms with Crippen LogP contribution in [-0.4, -0.2) is 48.0 Å². The van der Waals surface area contributed by atoms with Gasteiger partial charge in [-0.05, 0) is 49.9 Å². The molecule has 0 atom stereocenters. The van der Waals surface area contributed by atoms with Gasteiger partial charge in [0.25, 0.3) is 0 Å². The molecule has 9 nitrogen and oxygen atoms in total. The van der Waals surface area contributed by atoms with Gasteiger partial charge in [-0.15, -0.1) is 0 Å². The first kappa shape index (κ1) is 25.0. The van der Waals surface area contributed by atoms with E-state index in [0.717, 1.165) is 58.9 Å². The molecule has 200 valence electrons. The summed E-state index contributed by atoms with van der Waals surface area (Å²) >= 11 is 0. The summed E-state index contributed by atoms with van der Waals surface area (Å²) in [6, 6.07) is 15.4. The van der Waals surface area contributed by atoms with Crippen molar-refractivity contribution >= 4 is 33.7 Å². The maximum absolute atomic E-state index is 14.2. The van der Waals surface area contributed by atoms with E-state index in [2.05, 4.69) is 21.4 Å². The number of rotatable bonds is 8. The smallest absolute Gasteiger partial charge is 0.304 e. The normalized spacial score (nSPS) is 17.7. The number of benzene rings is 2. The molecule has 0 aliphatic heterocycles. The fourth-order valence-corrected chi connectivity index (χ4v) is 5.66. The summed E-state index contributed by atoms with van der Waals surface area (Å²) in [5.74, 6) is -0.611. The predicted octanol–water partition coefficient (Wildman–Crippen LogP) is 4.77. The minimum absolute atomic E-state index is 0.125. The lowest BCUT2D eigenvalue weighted by Crippen LogP contribution is -2.35. The quantitative estimate of drug-likeness (QED) is 0.266. The van der Waals surface area contributed by atoms with Crippen LogP contribution in [0.15, 0.2) is 61.1 Å². The summed E-state index contributed by atoms with van der Waals surface area (Å²) in [7, 11) is 0. The number of anilines is 1. The van der Waals surface area contributed by atoms with Crippen LogP contribution in [0.4, 0.5) is 10.2 Å². The van der Waals surface area contributed by atoms with Crippen LogP contribution in [0.5, 0.6) is 0 Å². The van der Waals surface area contributed by atoms with E-state index < -0.39 is 5.97 Å². The third kappa shape index (κ3) is 4.95. The van der Waals surface area contributed by atoms with Gasteiger partial charge in [0.1, 0.15) is 23.7 Å². The second kappa shape index (κ2) is 10.5. The molecule has 6 rings (SSSR count). The first-order chi connectivity index (χ1) is 19.0. The molecule has 0 radical (unpaired) electrons. The largest absolute Gasteiger partial charge is 0.481 e. The first-order valence-corrected chi connectivity index (χ1v) is 13.2. The van der Waals surface area contributed by atoms with Gasteiger partial charge in [-0.3, -0.25) is 4.79 Å². The number of halogens is 1. The molecule has 1 fully saturated rings. The van der Waals surface area contributed by atoms with E-state index in [4.69, 9.17) is 15.9 Å². The zero-order valence-electron chi connectivity index (χ0n) is 21.4. The minimum Gasteiger partial charge on any atom is -0.481 e. The predicted molar refractivity (Wildman–Crippen MR) is 148 cm³/mol. The number of nitrogens with two attached hydrogens (primary N) is 1. The van der Waals surface area contributed by atoms with Crippen LogP contribution in [0.1, 0.15) is 43.7 Å². The van der Waals surface area contributed by atoms with Crippen molar-refractivity contribution in [2.75, 3.05) is 12.3 Å². The van der Waals surface area contributed by atoms with Crippen molar-refractivity contribution in [2.45, 2.75) is 50.7 Å². The Morgan fingerprint density at radius 1 is 1.10 bits per heavy atom. The zero-order valence-corrected chi connectivity index (χ0v) is 21.4. The lowest BCUT2D eigenvalue weighted by Gasteiger charge is -2.29. The van der Waals surface area contributed by atoms with Crippen molar-refractivity contribution in [3.8, 4) is 11.3 Å². The van der Waals surface area contributed by atoms with Crippen molar-refractivity contribution < 1.29 is 14.3 Å². The molecular formula is C29H30FN7O2. The van der Waals surface area contributed by atoms with Crippen molar-refractivity contribution in [1.29, 1.82) is 0 Å². The van der Waals surface area contributed by atoms with Gasteiger partial charge >= 0.3 is 5.97 Å². The molecule has 0 unspecified atom stereocenters. The van der Waals surface area contributed by atoms with Crippen LogP contribution in [0.25, 0.3) is 33.2 Å². The van der Waals surface area contributed by atoms with Crippen molar-refractivity contribution in [3.63, 3.8) is 0 Å². The molecule has 2 aromatic carbocycles. The van der Waals surface area contributed by atoms with Crippen LogP contribution < -0.4 is 11.1 Å². The molecule has 3 aromatic heterocycles. The summed E-state index contributed by atoms with van der Waals surface area (Å²) in [5.41, 5.74) is 10.4. The highest BCUT2D eigenvalue weighted by Gasteiger charge is 2.27. The van der Waals surface area contributed by atoms with Gasteiger partial charge in [-0.2, -0.15) is 5.10 Å². The molecule has 4 N–H and O–H groups in total. The van der Waals surface area contributed by atoms with Crippen LogP contribution >= 0.6 is 0 Å². The Hall–Kier alpha value is -4.31. The third-order valence-corrected chi connectivity index (χ3v) is 7.68. The Morgan fingerprint density at radius 2 is 1.92 bits per heavy atom. The molecule has 39 heavy (non-hydrogen) atoms. The average Bonchev–Trinajstić information content (AvgIpc) is 3.52. The minimum atomic E-state index is -0.788. The molecule has 1 saturated carbocycles. The Labute approximate surface area is 224 Å². The molecule has 3 heterocycles. The van der Waals surface area contributed by atoms with Crippen LogP contribution in [-0.2, 0) is 11.3 Å². The summed E-state index contributed by atoms with van der Waals surface area (Å²) in [6.07, 6.45) is 7.25. The Balaban J connectivity index is 1.28. The fraction of sp³-hybridized carbons (Fsp3) is 0.310. The molecular weight excluding hydrogens is 497 g/mol. The van der Waals surface area contributed by atoms with E-state index in [1.807, 2.05) is 39.7 Å². The Morgan fingerprint density at radius 3 is 2.72 bits per heavy atom. The molecule has 0 spiro atoms. The molecule has 0 saturated heterocycles. The standard InChI is InChI=1S/C29H30FN7O2/c30-23-4-2-1-3-20(23)16-36-14-12-18-15-19(5-10-24(18)36)27-26-28(31)33-17-34-29(26)37(35-27)22-8-6-21(7-9-22)32-13-11-25(38)39/h1-5,10,12,14-15,17,21-22,32H,6-9,11,13,16H2,(H,38,39)(H2,31,33,34)/t21-,22+. The zero-order chi connectivity index (χ0) is 26.9. The van der Waals surface area contributed by atoms with Gasteiger partial charge in [0.2, 0.25) is 0 Å². The summed E-state index contributed by atoms with van der Waals surface area (Å²) in [5, 5.41) is 19.0. The van der Waals surface area contributed by atoms with Gasteiger partial charge in [0.05, 0.1) is 24.4 Å². The van der Waals surface area contributed by atoms with E-state index in [-0.39, 0.29) is 18.3 Å². The number of fused-ring (bicyclic) bond motifs is 2. The van der Waals surface area contributed by atoms with Gasteiger partial charge in [0, 0.05) is 40.8 Å². The second-order valence-corrected chi connectivity index (χ2v) is 10.2. The second-order valence-electron chi connectivity index (χ2n) is 10.2. The van der Waals surface area contributed by atoms with E-state index >= 15 is 0 Å². The van der Waals surface area contributed by atoms with Gasteiger partial charge < -0.3 is 20.7 Å². The monoisotopic (exact) mass is 527 g/mol. The maximum atomic E-state index is 14.2. The van der Waals surface area contributed by atoms with Crippen LogP contribution in [0.3, 0.4) is 0 Å². The molecule has 5 aromatic rings. The number of nitrogen functional groups attached to an aromatic ring is 1. The van der Waals surface area contributed by atoms with Gasteiger partial charge in [-0.25, -0.2) is 19.0 Å². The number of carbonyl (C=O) groups is 1. The Bertz CT molecular complexity index is 1650. The van der Waals surface area contributed by atoms with Crippen LogP contribution in [0, 0.1) is 5.82 Å². The van der Waals surface area contributed by atoms with Gasteiger partial charge in [0.15, 0.2) is 5.65 Å². The number of nitrogens with zero attached hydrogens (tertiary/aromatic N) is 5. The van der Waals surface area contributed by atoms with Gasteiger partial charge in [-0.1, -0.05) is 24.3 Å². The lowest BCUT2D eigenvalue weighted by atomic mass is 9.91. The highest BCUT2D eigenvalue weighted by Crippen LogP contribution is 2.37. The number of aliphatic carboxylic acids is 1. The summed E-state index contributed by atoms with van der Waals surface area (Å²) in [4.78, 5) is 19.6. The molecule has 0 bridgehead atoms. The highest BCUT2D eigenvalue weighted by molar-refractivity contribution is 6.00. The maximum Gasteiger partial charge on any atom is 0.304 e. The van der Waals surface area contributed by atoms with E-state index in [1.54, 1.807) is 12.1 Å². The van der Waals surface area contributed by atoms with Crippen LogP contribution in [0.2, 0.25) is 0 Å². The summed E-state index contributed by atoms with van der Waals surface area (Å²) < 4.78 is 18.3. The fourth-order valence-electron chi connectivity index (χ4n) is 5.66. The highest BCUT2D eigenvalue weighted by atomic mass is 19.1. The van der Waals surface area contributed by atoms with E-state index in [9.17, 15) is 9.18 Å². The SMILES string of the molecule is Nc1ncnc2c1c(-c1ccc3c(ccn3Cc3ccccc3F)c1)nn2[C@H]1CC[C@@H](NCCC(=O)O)CC1. The average molecular weight is 528 g/mol. The summed E-state index contributed by atoms with van der Waals surface area (Å²) in [6.45, 7) is 0.926. The number of hydrogen-bond acceptors (Lipinski definition) is 6. The topological polar surface area (TPSA) is 124 Å². The number of carboxylic acid groups (broad SMARTS) is 1. The van der Waals surface area contributed by atoms with Crippen molar-refractivity contribution in [1.82, 2.24) is 29.6 Å². The number of hydrogen-bond donors (Lipinski definition) is 3. The van der Waals surface area contributed by atoms with Crippen molar-refractivity contribution in [3.05, 3.63) is 72.4 Å². The lowest BCUT2D eigenvalue weighted by molar-refractivity contribution is -0.136.